The Kier molecular flexibility index (Phi) is 5.21. The molecule has 7 heteroatoms. The lowest BCUT2D eigenvalue weighted by molar-refractivity contribution is -0.136. The molecule has 4 rings (SSSR count). The Morgan fingerprint density at radius 1 is 1.18 bits per heavy atom. The molecule has 3 amide bonds. The van der Waals surface area contributed by atoms with E-state index in [1.165, 1.54) is 6.42 Å². The van der Waals surface area contributed by atoms with Crippen LogP contribution in [0, 0.1) is 5.92 Å². The number of nitrogens with two attached hydrogens (primary N) is 1. The number of nitrogens with zero attached hydrogens (tertiary/aromatic N) is 2. The van der Waals surface area contributed by atoms with E-state index < -0.39 is 6.04 Å². The van der Waals surface area contributed by atoms with Gasteiger partial charge >= 0.3 is 0 Å². The minimum Gasteiger partial charge on any atom is -0.329 e. The normalized spacial score (nSPS) is 28.4. The van der Waals surface area contributed by atoms with E-state index in [-0.39, 0.29) is 24.1 Å². The van der Waals surface area contributed by atoms with Gasteiger partial charge in [-0.3, -0.25) is 24.6 Å². The van der Waals surface area contributed by atoms with E-state index in [1.54, 1.807) is 4.90 Å². The van der Waals surface area contributed by atoms with Crippen LogP contribution in [0.1, 0.15) is 54.1 Å². The monoisotopic (exact) mass is 384 g/mol. The fourth-order valence-corrected chi connectivity index (χ4v) is 4.78. The Hall–Kier alpha value is -2.25. The lowest BCUT2D eigenvalue weighted by atomic mass is 9.93. The van der Waals surface area contributed by atoms with Crippen LogP contribution in [0.3, 0.4) is 0 Å². The lowest BCUT2D eigenvalue weighted by Crippen LogP contribution is -2.52. The number of imide groups is 1. The van der Waals surface area contributed by atoms with Gasteiger partial charge in [0.25, 0.3) is 5.91 Å². The fourth-order valence-electron chi connectivity index (χ4n) is 4.78. The van der Waals surface area contributed by atoms with Gasteiger partial charge in [0.2, 0.25) is 11.8 Å². The summed E-state index contributed by atoms with van der Waals surface area (Å²) in [7, 11) is 0. The van der Waals surface area contributed by atoms with Crippen molar-refractivity contribution in [3.05, 3.63) is 34.9 Å². The lowest BCUT2D eigenvalue weighted by Gasteiger charge is -2.38. The third-order valence-corrected chi connectivity index (χ3v) is 6.38. The highest BCUT2D eigenvalue weighted by molar-refractivity contribution is 6.05. The van der Waals surface area contributed by atoms with Gasteiger partial charge in [-0.1, -0.05) is 19.1 Å². The van der Waals surface area contributed by atoms with Crippen LogP contribution in [-0.4, -0.2) is 52.7 Å². The van der Waals surface area contributed by atoms with Crippen LogP contribution in [-0.2, 0) is 22.7 Å². The molecule has 3 aliphatic heterocycles. The summed E-state index contributed by atoms with van der Waals surface area (Å²) in [5.41, 5.74) is 8.81. The minimum atomic E-state index is -0.572. The van der Waals surface area contributed by atoms with Crippen LogP contribution < -0.4 is 11.1 Å². The van der Waals surface area contributed by atoms with E-state index in [0.717, 1.165) is 30.6 Å². The number of rotatable bonds is 4. The van der Waals surface area contributed by atoms with Crippen LogP contribution in [0.2, 0.25) is 0 Å². The third-order valence-electron chi connectivity index (χ3n) is 6.38. The molecule has 1 aromatic rings. The van der Waals surface area contributed by atoms with Crippen molar-refractivity contribution in [2.75, 3.05) is 13.1 Å². The number of carbonyl (C=O) groups excluding carboxylic acids is 3. The summed E-state index contributed by atoms with van der Waals surface area (Å²) in [6, 6.07) is 5.64. The number of amides is 3. The van der Waals surface area contributed by atoms with Crippen LogP contribution >= 0.6 is 0 Å². The van der Waals surface area contributed by atoms with Crippen molar-refractivity contribution < 1.29 is 14.4 Å². The first kappa shape index (κ1) is 19.1. The van der Waals surface area contributed by atoms with E-state index in [2.05, 4.69) is 23.2 Å². The van der Waals surface area contributed by atoms with Crippen molar-refractivity contribution >= 4 is 17.7 Å². The predicted molar refractivity (Wildman–Crippen MR) is 104 cm³/mol. The second kappa shape index (κ2) is 7.64. The SMILES string of the molecule is CC1CCC(CN)N(Cc2cccc3c2CN(C2CCC(=O)NC2=O)C3=O)C1. The summed E-state index contributed by atoms with van der Waals surface area (Å²) in [5, 5.41) is 2.36. The molecule has 150 valence electrons. The van der Waals surface area contributed by atoms with Crippen LogP contribution in [0.15, 0.2) is 18.2 Å². The molecule has 1 aromatic carbocycles. The molecule has 3 N–H and O–H groups in total. The maximum absolute atomic E-state index is 13.0. The molecule has 0 bridgehead atoms. The highest BCUT2D eigenvalue weighted by atomic mass is 16.2. The first-order valence-corrected chi connectivity index (χ1v) is 10.2. The summed E-state index contributed by atoms with van der Waals surface area (Å²) in [6.07, 6.45) is 2.97. The zero-order valence-corrected chi connectivity index (χ0v) is 16.3. The molecule has 0 saturated carbocycles. The van der Waals surface area contributed by atoms with Crippen LogP contribution in [0.5, 0.6) is 0 Å². The van der Waals surface area contributed by atoms with Crippen molar-refractivity contribution in [3.63, 3.8) is 0 Å². The average Bonchev–Trinajstić information content (AvgIpc) is 3.00. The molecule has 0 aliphatic carbocycles. The van der Waals surface area contributed by atoms with Gasteiger partial charge in [-0.2, -0.15) is 0 Å². The molecule has 3 aliphatic rings. The molecule has 7 nitrogen and oxygen atoms in total. The first-order chi connectivity index (χ1) is 13.5. The molecule has 0 aromatic heterocycles. The van der Waals surface area contributed by atoms with Gasteiger partial charge in [0.1, 0.15) is 6.04 Å². The van der Waals surface area contributed by atoms with Gasteiger partial charge in [0.05, 0.1) is 0 Å². The minimum absolute atomic E-state index is 0.117. The number of likely N-dealkylation sites (tertiary alicyclic amines) is 1. The summed E-state index contributed by atoms with van der Waals surface area (Å²) >= 11 is 0. The van der Waals surface area contributed by atoms with E-state index in [1.807, 2.05) is 12.1 Å². The van der Waals surface area contributed by atoms with Crippen molar-refractivity contribution in [2.45, 2.75) is 57.8 Å². The largest absolute Gasteiger partial charge is 0.329 e. The topological polar surface area (TPSA) is 95.7 Å². The predicted octanol–water partition coefficient (Wildman–Crippen LogP) is 1.01. The quantitative estimate of drug-likeness (QED) is 0.756. The fraction of sp³-hybridized carbons (Fsp3) is 0.571. The van der Waals surface area contributed by atoms with E-state index in [4.69, 9.17) is 5.73 Å². The summed E-state index contributed by atoms with van der Waals surface area (Å²) in [4.78, 5) is 40.7. The van der Waals surface area contributed by atoms with E-state index >= 15 is 0 Å². The van der Waals surface area contributed by atoms with Crippen molar-refractivity contribution in [3.8, 4) is 0 Å². The van der Waals surface area contributed by atoms with Gasteiger partial charge in [-0.15, -0.1) is 0 Å². The number of benzene rings is 1. The zero-order valence-electron chi connectivity index (χ0n) is 16.3. The number of hydrogen-bond donors (Lipinski definition) is 2. The van der Waals surface area contributed by atoms with Gasteiger partial charge in [0.15, 0.2) is 0 Å². The summed E-state index contributed by atoms with van der Waals surface area (Å²) in [6.45, 7) is 5.11. The number of hydrogen-bond acceptors (Lipinski definition) is 5. The molecule has 3 heterocycles. The molecule has 2 saturated heterocycles. The Morgan fingerprint density at radius 2 is 2.00 bits per heavy atom. The van der Waals surface area contributed by atoms with Crippen molar-refractivity contribution in [1.82, 2.24) is 15.1 Å². The maximum atomic E-state index is 13.0. The maximum Gasteiger partial charge on any atom is 0.255 e. The standard InChI is InChI=1S/C21H28N4O3/c1-13-5-6-15(9-22)24(10-13)11-14-3-2-4-16-17(14)12-25(21(16)28)18-7-8-19(26)23-20(18)27/h2-4,13,15,18H,5-12,22H2,1H3,(H,23,26,27). The van der Waals surface area contributed by atoms with Crippen LogP contribution in [0.25, 0.3) is 0 Å². The first-order valence-electron chi connectivity index (χ1n) is 10.2. The number of carbonyl (C=O) groups is 3. The Balaban J connectivity index is 1.56. The molecular weight excluding hydrogens is 356 g/mol. The molecular formula is C21H28N4O3. The molecule has 28 heavy (non-hydrogen) atoms. The Labute approximate surface area is 165 Å². The average molecular weight is 384 g/mol. The van der Waals surface area contributed by atoms with Gasteiger partial charge in [0, 0.05) is 44.2 Å². The number of nitrogens with one attached hydrogen (secondary N) is 1. The second-order valence-electron chi connectivity index (χ2n) is 8.34. The molecule has 0 radical (unpaired) electrons. The molecule has 3 atom stereocenters. The molecule has 0 spiro atoms. The zero-order chi connectivity index (χ0) is 19.8. The smallest absolute Gasteiger partial charge is 0.255 e. The molecule has 2 fully saturated rings. The highest BCUT2D eigenvalue weighted by Crippen LogP contribution is 2.32. The van der Waals surface area contributed by atoms with Gasteiger partial charge < -0.3 is 10.6 Å². The van der Waals surface area contributed by atoms with Gasteiger partial charge in [-0.05, 0) is 42.4 Å². The second-order valence-corrected chi connectivity index (χ2v) is 8.34. The summed E-state index contributed by atoms with van der Waals surface area (Å²) < 4.78 is 0. The summed E-state index contributed by atoms with van der Waals surface area (Å²) in [5.74, 6) is -0.111. The third kappa shape index (κ3) is 3.44. The van der Waals surface area contributed by atoms with E-state index in [9.17, 15) is 14.4 Å². The van der Waals surface area contributed by atoms with E-state index in [0.29, 0.717) is 37.0 Å². The van der Waals surface area contributed by atoms with Crippen LogP contribution in [0.4, 0.5) is 0 Å². The van der Waals surface area contributed by atoms with Crippen molar-refractivity contribution in [1.29, 1.82) is 0 Å². The Morgan fingerprint density at radius 3 is 2.75 bits per heavy atom. The number of piperidine rings is 2. The molecule has 3 unspecified atom stereocenters. The van der Waals surface area contributed by atoms with Gasteiger partial charge in [-0.25, -0.2) is 0 Å². The number of fused-ring (bicyclic) bond motifs is 1. The highest BCUT2D eigenvalue weighted by Gasteiger charge is 2.40. The Bertz CT molecular complexity index is 809. The van der Waals surface area contributed by atoms with Crippen molar-refractivity contribution in [2.24, 2.45) is 11.7 Å².